The van der Waals surface area contributed by atoms with E-state index in [9.17, 15) is 17.6 Å². The molecular weight excluding hydrogens is 240 g/mol. The van der Waals surface area contributed by atoms with Crippen molar-refractivity contribution >= 4 is 0 Å². The molecule has 0 bridgehead atoms. The number of hydrogen-bond donors (Lipinski definition) is 2. The minimum absolute atomic E-state index is 0.0346. The van der Waals surface area contributed by atoms with Crippen LogP contribution in [0.5, 0.6) is 5.75 Å². The molecule has 1 aromatic carbocycles. The number of methoxy groups -OCH3 is 1. The van der Waals surface area contributed by atoms with Crippen LogP contribution in [0.1, 0.15) is 18.0 Å². The predicted octanol–water partition coefficient (Wildman–Crippen LogP) is 2.29. The highest BCUT2D eigenvalue weighted by molar-refractivity contribution is 5.36. The zero-order valence-corrected chi connectivity index (χ0v) is 9.01. The van der Waals surface area contributed by atoms with Gasteiger partial charge in [0, 0.05) is 5.56 Å². The van der Waals surface area contributed by atoms with Crippen molar-refractivity contribution in [2.24, 2.45) is 5.84 Å². The topological polar surface area (TPSA) is 47.3 Å². The van der Waals surface area contributed by atoms with Crippen molar-refractivity contribution in [3.05, 3.63) is 29.6 Å². The normalized spacial score (nSPS) is 13.5. The molecule has 0 heterocycles. The Balaban J connectivity index is 3.06. The zero-order chi connectivity index (χ0) is 13.1. The first-order valence-corrected chi connectivity index (χ1v) is 4.73. The number of benzene rings is 1. The maximum Gasteiger partial charge on any atom is 0.390 e. The van der Waals surface area contributed by atoms with Crippen LogP contribution < -0.4 is 16.0 Å². The van der Waals surface area contributed by atoms with Crippen LogP contribution in [-0.4, -0.2) is 13.3 Å². The average Bonchev–Trinajstić information content (AvgIpc) is 2.24. The van der Waals surface area contributed by atoms with E-state index in [4.69, 9.17) is 10.6 Å². The summed E-state index contributed by atoms with van der Waals surface area (Å²) >= 11 is 0. The lowest BCUT2D eigenvalue weighted by Gasteiger charge is -2.20. The highest BCUT2D eigenvalue weighted by Crippen LogP contribution is 2.33. The van der Waals surface area contributed by atoms with Crippen molar-refractivity contribution in [3.63, 3.8) is 0 Å². The number of alkyl halides is 3. The Kier molecular flexibility index (Phi) is 4.30. The maximum absolute atomic E-state index is 13.0. The number of rotatable bonds is 4. The molecule has 0 radical (unpaired) electrons. The summed E-state index contributed by atoms with van der Waals surface area (Å²) in [6, 6.07) is 2.07. The van der Waals surface area contributed by atoms with Crippen molar-refractivity contribution in [1.29, 1.82) is 0 Å². The Bertz CT molecular complexity index is 381. The Labute approximate surface area is 95.5 Å². The smallest absolute Gasteiger partial charge is 0.390 e. The maximum atomic E-state index is 13.0. The molecule has 1 unspecified atom stereocenters. The van der Waals surface area contributed by atoms with E-state index in [0.717, 1.165) is 12.1 Å². The number of nitrogens with two attached hydrogens (primary N) is 1. The lowest BCUT2D eigenvalue weighted by atomic mass is 10.0. The van der Waals surface area contributed by atoms with E-state index in [1.165, 1.54) is 13.2 Å². The Morgan fingerprint density at radius 1 is 1.41 bits per heavy atom. The minimum Gasteiger partial charge on any atom is -0.496 e. The number of hydrazine groups is 1. The van der Waals surface area contributed by atoms with Crippen LogP contribution in [0.4, 0.5) is 17.6 Å². The monoisotopic (exact) mass is 252 g/mol. The van der Waals surface area contributed by atoms with E-state index in [-0.39, 0.29) is 11.3 Å². The van der Waals surface area contributed by atoms with Gasteiger partial charge >= 0.3 is 6.18 Å². The van der Waals surface area contributed by atoms with Gasteiger partial charge in [-0.2, -0.15) is 13.2 Å². The van der Waals surface area contributed by atoms with Crippen LogP contribution in [0.2, 0.25) is 0 Å². The van der Waals surface area contributed by atoms with Crippen LogP contribution >= 0.6 is 0 Å². The van der Waals surface area contributed by atoms with Crippen LogP contribution in [0.15, 0.2) is 18.2 Å². The molecule has 3 N–H and O–H groups in total. The fraction of sp³-hybridized carbons (Fsp3) is 0.400. The SMILES string of the molecule is COc1ccc(F)cc1C(CC(F)(F)F)NN. The molecule has 0 saturated carbocycles. The van der Waals surface area contributed by atoms with Crippen molar-refractivity contribution < 1.29 is 22.3 Å². The van der Waals surface area contributed by atoms with Gasteiger partial charge < -0.3 is 4.74 Å². The average molecular weight is 252 g/mol. The molecule has 0 amide bonds. The van der Waals surface area contributed by atoms with E-state index >= 15 is 0 Å². The minimum atomic E-state index is -4.41. The fourth-order valence-corrected chi connectivity index (χ4v) is 1.47. The van der Waals surface area contributed by atoms with E-state index in [1.807, 2.05) is 5.43 Å². The van der Waals surface area contributed by atoms with Gasteiger partial charge in [-0.15, -0.1) is 0 Å². The van der Waals surface area contributed by atoms with Gasteiger partial charge in [-0.1, -0.05) is 0 Å². The molecule has 0 aliphatic carbocycles. The van der Waals surface area contributed by atoms with E-state index in [1.54, 1.807) is 0 Å². The summed E-state index contributed by atoms with van der Waals surface area (Å²) in [4.78, 5) is 0. The summed E-state index contributed by atoms with van der Waals surface area (Å²) in [7, 11) is 1.29. The third-order valence-electron chi connectivity index (χ3n) is 2.20. The third kappa shape index (κ3) is 3.86. The molecule has 17 heavy (non-hydrogen) atoms. The second-order valence-electron chi connectivity index (χ2n) is 3.42. The molecule has 0 aromatic heterocycles. The fourth-order valence-electron chi connectivity index (χ4n) is 1.47. The molecule has 7 heteroatoms. The van der Waals surface area contributed by atoms with Crippen LogP contribution in [0, 0.1) is 5.82 Å². The standard InChI is InChI=1S/C10H12F4N2O/c1-17-9-3-2-6(11)4-7(9)8(16-15)5-10(12,13)14/h2-4,8,16H,5,15H2,1H3. The van der Waals surface area contributed by atoms with Crippen molar-refractivity contribution in [3.8, 4) is 5.75 Å². The summed E-state index contributed by atoms with van der Waals surface area (Å²) in [5.74, 6) is 4.56. The van der Waals surface area contributed by atoms with E-state index < -0.39 is 24.5 Å². The van der Waals surface area contributed by atoms with E-state index in [2.05, 4.69) is 0 Å². The first-order valence-electron chi connectivity index (χ1n) is 4.73. The quantitative estimate of drug-likeness (QED) is 0.491. The zero-order valence-electron chi connectivity index (χ0n) is 9.01. The van der Waals surface area contributed by atoms with Gasteiger partial charge in [0.15, 0.2) is 0 Å². The highest BCUT2D eigenvalue weighted by Gasteiger charge is 2.33. The van der Waals surface area contributed by atoms with E-state index in [0.29, 0.717) is 0 Å². The second kappa shape index (κ2) is 5.33. The van der Waals surface area contributed by atoms with Gasteiger partial charge in [-0.25, -0.2) is 4.39 Å². The molecule has 1 atom stereocenters. The summed E-state index contributed by atoms with van der Waals surface area (Å²) in [6.07, 6.45) is -5.61. The molecular formula is C10H12F4N2O. The number of hydrogen-bond acceptors (Lipinski definition) is 3. The van der Waals surface area contributed by atoms with Gasteiger partial charge in [0.05, 0.1) is 19.6 Å². The highest BCUT2D eigenvalue weighted by atomic mass is 19.4. The summed E-state index contributed by atoms with van der Waals surface area (Å²) < 4.78 is 54.7. The van der Waals surface area contributed by atoms with Gasteiger partial charge in [-0.3, -0.25) is 11.3 Å². The molecule has 3 nitrogen and oxygen atoms in total. The van der Waals surface area contributed by atoms with Crippen LogP contribution in [0.3, 0.4) is 0 Å². The molecule has 1 aromatic rings. The molecule has 0 aliphatic rings. The van der Waals surface area contributed by atoms with Crippen molar-refractivity contribution in [2.75, 3.05) is 7.11 Å². The molecule has 1 rings (SSSR count). The van der Waals surface area contributed by atoms with Gasteiger partial charge in [-0.05, 0) is 18.2 Å². The Hall–Kier alpha value is -1.34. The molecule has 0 saturated heterocycles. The Morgan fingerprint density at radius 2 is 2.06 bits per heavy atom. The molecule has 0 aliphatic heterocycles. The molecule has 0 spiro atoms. The van der Waals surface area contributed by atoms with Gasteiger partial charge in [0.2, 0.25) is 0 Å². The van der Waals surface area contributed by atoms with Crippen LogP contribution in [-0.2, 0) is 0 Å². The lowest BCUT2D eigenvalue weighted by Crippen LogP contribution is -2.32. The summed E-state index contributed by atoms with van der Waals surface area (Å²) in [5.41, 5.74) is 2.04. The first kappa shape index (κ1) is 13.7. The first-order chi connectivity index (χ1) is 7.87. The van der Waals surface area contributed by atoms with Crippen LogP contribution in [0.25, 0.3) is 0 Å². The summed E-state index contributed by atoms with van der Waals surface area (Å²) in [5, 5.41) is 0. The number of nitrogens with one attached hydrogen (secondary N) is 1. The molecule has 96 valence electrons. The largest absolute Gasteiger partial charge is 0.496 e. The predicted molar refractivity (Wildman–Crippen MR) is 53.7 cm³/mol. The molecule has 0 fully saturated rings. The number of ether oxygens (including phenoxy) is 1. The Morgan fingerprint density at radius 3 is 2.53 bits per heavy atom. The third-order valence-corrected chi connectivity index (χ3v) is 2.20. The summed E-state index contributed by atoms with van der Waals surface area (Å²) in [6.45, 7) is 0. The van der Waals surface area contributed by atoms with Crippen molar-refractivity contribution in [2.45, 2.75) is 18.6 Å². The lowest BCUT2D eigenvalue weighted by molar-refractivity contribution is -0.140. The van der Waals surface area contributed by atoms with Gasteiger partial charge in [0.25, 0.3) is 0 Å². The second-order valence-corrected chi connectivity index (χ2v) is 3.42. The van der Waals surface area contributed by atoms with Gasteiger partial charge in [0.1, 0.15) is 11.6 Å². The number of halogens is 4. The van der Waals surface area contributed by atoms with Crippen molar-refractivity contribution in [1.82, 2.24) is 5.43 Å².